The lowest BCUT2D eigenvalue weighted by molar-refractivity contribution is 0.362. The van der Waals surface area contributed by atoms with Crippen molar-refractivity contribution in [2.24, 2.45) is 0 Å². The van der Waals surface area contributed by atoms with Gasteiger partial charge in [-0.15, -0.1) is 0 Å². The summed E-state index contributed by atoms with van der Waals surface area (Å²) in [6.45, 7) is 5.02. The maximum absolute atomic E-state index is 11.4. The maximum Gasteiger partial charge on any atom is 0.212 e. The monoisotopic (exact) mass is 296 g/mol. The number of fused-ring (bicyclic) bond motifs is 1. The fraction of sp³-hybridized carbons (Fsp3) is 0.600. The Labute approximate surface area is 122 Å². The number of benzene rings is 1. The van der Waals surface area contributed by atoms with E-state index in [4.69, 9.17) is 0 Å². The van der Waals surface area contributed by atoms with Crippen LogP contribution in [0.2, 0.25) is 0 Å². The molecule has 1 aromatic carbocycles. The van der Waals surface area contributed by atoms with E-state index in [0.717, 1.165) is 12.8 Å². The third-order valence-electron chi connectivity index (χ3n) is 4.20. The number of sulfonamides is 1. The Hall–Kier alpha value is -0.910. The van der Waals surface area contributed by atoms with Crippen molar-refractivity contribution >= 4 is 10.0 Å². The van der Waals surface area contributed by atoms with Gasteiger partial charge in [-0.05, 0) is 36.4 Å². The van der Waals surface area contributed by atoms with Crippen LogP contribution in [0.1, 0.15) is 43.9 Å². The van der Waals surface area contributed by atoms with E-state index in [9.17, 15) is 8.42 Å². The van der Waals surface area contributed by atoms with Crippen LogP contribution in [0.4, 0.5) is 0 Å². The molecule has 0 spiro atoms. The maximum atomic E-state index is 11.4. The van der Waals surface area contributed by atoms with E-state index in [-0.39, 0.29) is 17.2 Å². The van der Waals surface area contributed by atoms with Crippen LogP contribution in [-0.2, 0) is 15.4 Å². The molecule has 1 aliphatic carbocycles. The number of hydrogen-bond acceptors (Lipinski definition) is 3. The lowest BCUT2D eigenvalue weighted by Gasteiger charge is -2.37. The van der Waals surface area contributed by atoms with Crippen LogP contribution >= 0.6 is 0 Å². The molecule has 1 aromatic rings. The van der Waals surface area contributed by atoms with E-state index in [2.05, 4.69) is 48.2 Å². The Morgan fingerprint density at radius 2 is 2.00 bits per heavy atom. The zero-order valence-electron chi connectivity index (χ0n) is 12.4. The van der Waals surface area contributed by atoms with Crippen LogP contribution in [0.3, 0.4) is 0 Å². The minimum Gasteiger partial charge on any atom is -0.309 e. The largest absolute Gasteiger partial charge is 0.309 e. The minimum absolute atomic E-state index is 0.117. The predicted molar refractivity (Wildman–Crippen MR) is 82.3 cm³/mol. The second-order valence-electron chi connectivity index (χ2n) is 6.04. The molecule has 0 saturated carbocycles. The van der Waals surface area contributed by atoms with Crippen molar-refractivity contribution < 1.29 is 8.42 Å². The molecule has 1 unspecified atom stereocenters. The van der Waals surface area contributed by atoms with Crippen molar-refractivity contribution in [3.63, 3.8) is 0 Å². The second-order valence-corrected chi connectivity index (χ2v) is 8.09. The SMILES string of the molecule is CNS(=O)(=O)CCNC1CCC(C)(C)c2ccccc21. The van der Waals surface area contributed by atoms with Gasteiger partial charge in [0, 0.05) is 12.6 Å². The molecule has 0 bridgehead atoms. The minimum atomic E-state index is -3.13. The van der Waals surface area contributed by atoms with Crippen molar-refractivity contribution in [1.82, 2.24) is 10.0 Å². The van der Waals surface area contributed by atoms with Crippen LogP contribution in [0.25, 0.3) is 0 Å². The van der Waals surface area contributed by atoms with E-state index in [1.807, 2.05) is 0 Å². The molecule has 2 rings (SSSR count). The molecule has 1 aliphatic rings. The van der Waals surface area contributed by atoms with Crippen LogP contribution in [-0.4, -0.2) is 27.8 Å². The van der Waals surface area contributed by atoms with Gasteiger partial charge in [-0.1, -0.05) is 38.1 Å². The van der Waals surface area contributed by atoms with Crippen LogP contribution < -0.4 is 10.0 Å². The summed E-state index contributed by atoms with van der Waals surface area (Å²) in [5.41, 5.74) is 2.89. The first kappa shape index (κ1) is 15.5. The molecule has 0 radical (unpaired) electrons. The average Bonchev–Trinajstić information content (AvgIpc) is 2.42. The lowest BCUT2D eigenvalue weighted by atomic mass is 9.71. The number of nitrogens with one attached hydrogen (secondary N) is 2. The van der Waals surface area contributed by atoms with Gasteiger partial charge in [0.25, 0.3) is 0 Å². The zero-order valence-corrected chi connectivity index (χ0v) is 13.3. The fourth-order valence-electron chi connectivity index (χ4n) is 2.89. The Morgan fingerprint density at radius 3 is 2.70 bits per heavy atom. The van der Waals surface area contributed by atoms with E-state index in [1.165, 1.54) is 18.2 Å². The summed E-state index contributed by atoms with van der Waals surface area (Å²) < 4.78 is 25.2. The summed E-state index contributed by atoms with van der Waals surface area (Å²) in [6, 6.07) is 8.73. The Kier molecular flexibility index (Phi) is 4.52. The van der Waals surface area contributed by atoms with Crippen molar-refractivity contribution in [3.8, 4) is 0 Å². The van der Waals surface area contributed by atoms with Gasteiger partial charge in [0.15, 0.2) is 0 Å². The highest BCUT2D eigenvalue weighted by Crippen LogP contribution is 2.41. The Bertz CT molecular complexity index is 567. The lowest BCUT2D eigenvalue weighted by Crippen LogP contribution is -2.36. The summed E-state index contributed by atoms with van der Waals surface area (Å²) in [5.74, 6) is 0.117. The highest BCUT2D eigenvalue weighted by atomic mass is 32.2. The molecule has 0 aliphatic heterocycles. The summed E-state index contributed by atoms with van der Waals surface area (Å²) in [6.07, 6.45) is 2.16. The molecular weight excluding hydrogens is 272 g/mol. The Balaban J connectivity index is 2.08. The molecule has 5 heteroatoms. The molecule has 0 heterocycles. The average molecular weight is 296 g/mol. The van der Waals surface area contributed by atoms with E-state index in [0.29, 0.717) is 6.54 Å². The highest BCUT2D eigenvalue weighted by Gasteiger charge is 2.31. The highest BCUT2D eigenvalue weighted by molar-refractivity contribution is 7.89. The molecule has 2 N–H and O–H groups in total. The van der Waals surface area contributed by atoms with Gasteiger partial charge in [-0.25, -0.2) is 13.1 Å². The predicted octanol–water partition coefficient (Wildman–Crippen LogP) is 1.94. The van der Waals surface area contributed by atoms with Crippen molar-refractivity contribution in [3.05, 3.63) is 35.4 Å². The van der Waals surface area contributed by atoms with Crippen LogP contribution in [0.5, 0.6) is 0 Å². The van der Waals surface area contributed by atoms with Crippen molar-refractivity contribution in [2.45, 2.75) is 38.1 Å². The molecule has 0 saturated heterocycles. The van der Waals surface area contributed by atoms with E-state index in [1.54, 1.807) is 0 Å². The first-order valence-corrected chi connectivity index (χ1v) is 8.75. The molecular formula is C15H24N2O2S. The van der Waals surface area contributed by atoms with Gasteiger partial charge < -0.3 is 5.32 Å². The van der Waals surface area contributed by atoms with Gasteiger partial charge in [0.05, 0.1) is 5.75 Å². The topological polar surface area (TPSA) is 58.2 Å². The normalized spacial score (nSPS) is 21.4. The fourth-order valence-corrected chi connectivity index (χ4v) is 3.48. The van der Waals surface area contributed by atoms with Gasteiger partial charge >= 0.3 is 0 Å². The smallest absolute Gasteiger partial charge is 0.212 e. The van der Waals surface area contributed by atoms with Crippen molar-refractivity contribution in [2.75, 3.05) is 19.3 Å². The van der Waals surface area contributed by atoms with Crippen LogP contribution in [0, 0.1) is 0 Å². The third kappa shape index (κ3) is 3.40. The van der Waals surface area contributed by atoms with Gasteiger partial charge in [-0.3, -0.25) is 0 Å². The van der Waals surface area contributed by atoms with Crippen molar-refractivity contribution in [1.29, 1.82) is 0 Å². The van der Waals surface area contributed by atoms with Gasteiger partial charge in [0.2, 0.25) is 10.0 Å². The molecule has 112 valence electrons. The third-order valence-corrected chi connectivity index (χ3v) is 5.56. The summed E-state index contributed by atoms with van der Waals surface area (Å²) >= 11 is 0. The molecule has 4 nitrogen and oxygen atoms in total. The number of rotatable bonds is 5. The first-order chi connectivity index (χ1) is 9.36. The molecule has 1 atom stereocenters. The molecule has 0 amide bonds. The standard InChI is InChI=1S/C15H24N2O2S/c1-15(2)9-8-14(12-6-4-5-7-13(12)15)17-10-11-20(18,19)16-3/h4-7,14,16-17H,8-11H2,1-3H3. The van der Waals surface area contributed by atoms with E-state index >= 15 is 0 Å². The van der Waals surface area contributed by atoms with Gasteiger partial charge in [0.1, 0.15) is 0 Å². The molecule has 0 fully saturated rings. The van der Waals surface area contributed by atoms with Crippen LogP contribution in [0.15, 0.2) is 24.3 Å². The number of hydrogen-bond donors (Lipinski definition) is 2. The Morgan fingerprint density at radius 1 is 1.30 bits per heavy atom. The quantitative estimate of drug-likeness (QED) is 0.873. The summed E-state index contributed by atoms with van der Waals surface area (Å²) in [4.78, 5) is 0. The first-order valence-electron chi connectivity index (χ1n) is 7.10. The summed E-state index contributed by atoms with van der Waals surface area (Å²) in [7, 11) is -1.68. The second kappa shape index (κ2) is 5.84. The molecule has 0 aromatic heterocycles. The zero-order chi connectivity index (χ0) is 14.8. The molecule has 20 heavy (non-hydrogen) atoms. The van der Waals surface area contributed by atoms with E-state index < -0.39 is 10.0 Å². The summed E-state index contributed by atoms with van der Waals surface area (Å²) in [5, 5.41) is 3.39. The van der Waals surface area contributed by atoms with Gasteiger partial charge in [-0.2, -0.15) is 0 Å².